The topological polar surface area (TPSA) is 94.7 Å². The number of carbonyl (C=O) groups excluding carboxylic acids is 1. The number of hydrogen-bond donors (Lipinski definition) is 0. The molecule has 2 fully saturated rings. The first-order chi connectivity index (χ1) is 26.3. The minimum absolute atomic E-state index is 0.0872. The number of nitrogens with zero attached hydrogens (tertiary/aromatic N) is 5. The average Bonchev–Trinajstić information content (AvgIpc) is 3.93. The van der Waals surface area contributed by atoms with Crippen molar-refractivity contribution in [2.45, 2.75) is 37.8 Å². The number of anilines is 1. The zero-order valence-electron chi connectivity index (χ0n) is 31.1. The van der Waals surface area contributed by atoms with Gasteiger partial charge in [-0.05, 0) is 86.4 Å². The smallest absolute Gasteiger partial charge is 0.254 e. The lowest BCUT2D eigenvalue weighted by Gasteiger charge is -2.33. The van der Waals surface area contributed by atoms with Crippen LogP contribution >= 0.6 is 23.2 Å². The molecule has 0 bridgehead atoms. The number of likely N-dealkylation sites (tertiary alicyclic amines) is 1. The lowest BCUT2D eigenvalue weighted by atomic mass is 9.76. The van der Waals surface area contributed by atoms with Gasteiger partial charge in [-0.3, -0.25) is 4.79 Å². The summed E-state index contributed by atoms with van der Waals surface area (Å²) in [5.74, 6) is 3.04. The maximum Gasteiger partial charge on any atom is 0.254 e. The third kappa shape index (κ3) is 8.00. The fourth-order valence-electron chi connectivity index (χ4n) is 7.86. The van der Waals surface area contributed by atoms with Gasteiger partial charge in [0.05, 0.1) is 55.3 Å². The van der Waals surface area contributed by atoms with Gasteiger partial charge < -0.3 is 42.6 Å². The van der Waals surface area contributed by atoms with Crippen molar-refractivity contribution in [2.24, 2.45) is 0 Å². The Morgan fingerprint density at radius 2 is 1.69 bits per heavy atom. The first-order valence-electron chi connectivity index (χ1n) is 18.4. The van der Waals surface area contributed by atoms with Crippen LogP contribution in [0.1, 0.15) is 40.9 Å². The van der Waals surface area contributed by atoms with Crippen LogP contribution in [-0.4, -0.2) is 99.0 Å². The van der Waals surface area contributed by atoms with E-state index < -0.39 is 0 Å². The molecule has 54 heavy (non-hydrogen) atoms. The number of para-hydroxylation sites is 2. The summed E-state index contributed by atoms with van der Waals surface area (Å²) in [7, 11) is 4.65. The van der Waals surface area contributed by atoms with Gasteiger partial charge >= 0.3 is 0 Å². The lowest BCUT2D eigenvalue weighted by Crippen LogP contribution is -2.39. The fourth-order valence-corrected chi connectivity index (χ4v) is 8.16. The first-order valence-corrected chi connectivity index (χ1v) is 19.2. The summed E-state index contributed by atoms with van der Waals surface area (Å²) < 4.78 is 30.3. The van der Waals surface area contributed by atoms with Crippen molar-refractivity contribution >= 4 is 46.1 Å². The zero-order chi connectivity index (χ0) is 37.7. The highest BCUT2D eigenvalue weighted by atomic mass is 35.5. The van der Waals surface area contributed by atoms with E-state index in [-0.39, 0.29) is 11.3 Å². The van der Waals surface area contributed by atoms with E-state index in [4.69, 9.17) is 51.6 Å². The standard InChI is InChI=1S/C41H47Cl2N5O6/c1-50-36-24-29(25-37(51-2)38(36)52-3)39(49)47-18-14-41(28-47,30-11-12-32(42)33(43)26-30)13-17-45-15-7-16-46(20-19-45)40-44-34-9-4-5-10-35(34)48(40)21-23-53-27-31-8-6-22-54-31/h4-6,8-12,22,24-26H,7,13-21,23,27-28H2,1-3H3. The van der Waals surface area contributed by atoms with Crippen LogP contribution in [0.5, 0.6) is 17.2 Å². The van der Waals surface area contributed by atoms with E-state index in [1.165, 1.54) is 0 Å². The molecule has 0 spiro atoms. The molecule has 0 aliphatic carbocycles. The second kappa shape index (κ2) is 16.9. The zero-order valence-corrected chi connectivity index (χ0v) is 32.6. The quantitative estimate of drug-likeness (QED) is 0.106. The fraction of sp³-hybridized carbons (Fsp3) is 0.415. The van der Waals surface area contributed by atoms with Crippen LogP contribution in [0.15, 0.2) is 77.4 Å². The molecule has 2 aromatic heterocycles. The number of ether oxygens (including phenoxy) is 4. The van der Waals surface area contributed by atoms with Gasteiger partial charge in [0, 0.05) is 50.2 Å². The van der Waals surface area contributed by atoms with Crippen LogP contribution in [0.4, 0.5) is 5.95 Å². The number of furan rings is 1. The second-order valence-corrected chi connectivity index (χ2v) is 14.7. The minimum Gasteiger partial charge on any atom is -0.493 e. The minimum atomic E-state index is -0.305. The summed E-state index contributed by atoms with van der Waals surface area (Å²) in [4.78, 5) is 26.0. The molecule has 2 aliphatic heterocycles. The molecule has 0 N–H and O–H groups in total. The van der Waals surface area contributed by atoms with Gasteiger partial charge in [0.2, 0.25) is 11.7 Å². The molecule has 1 atom stereocenters. The molecule has 4 heterocycles. The van der Waals surface area contributed by atoms with E-state index in [2.05, 4.69) is 38.6 Å². The predicted octanol–water partition coefficient (Wildman–Crippen LogP) is 7.57. The predicted molar refractivity (Wildman–Crippen MR) is 211 cm³/mol. The monoisotopic (exact) mass is 775 g/mol. The number of aromatic nitrogens is 2. The van der Waals surface area contributed by atoms with Crippen LogP contribution < -0.4 is 19.1 Å². The Bertz CT molecular complexity index is 2030. The number of rotatable bonds is 14. The molecule has 286 valence electrons. The largest absolute Gasteiger partial charge is 0.493 e. The summed E-state index contributed by atoms with van der Waals surface area (Å²) in [6.07, 6.45) is 4.32. The van der Waals surface area contributed by atoms with Crippen molar-refractivity contribution in [3.8, 4) is 17.2 Å². The van der Waals surface area contributed by atoms with E-state index in [0.717, 1.165) is 80.3 Å². The van der Waals surface area contributed by atoms with Gasteiger partial charge in [0.15, 0.2) is 11.5 Å². The van der Waals surface area contributed by atoms with Crippen LogP contribution in [0, 0.1) is 0 Å². The molecule has 1 amide bonds. The maximum absolute atomic E-state index is 14.1. The number of carbonyl (C=O) groups is 1. The van der Waals surface area contributed by atoms with E-state index in [1.54, 1.807) is 39.7 Å². The molecule has 7 rings (SSSR count). The second-order valence-electron chi connectivity index (χ2n) is 13.9. The van der Waals surface area contributed by atoms with Gasteiger partial charge in [0.25, 0.3) is 5.91 Å². The Morgan fingerprint density at radius 3 is 2.43 bits per heavy atom. The Balaban J connectivity index is 1.06. The van der Waals surface area contributed by atoms with Crippen molar-refractivity contribution in [1.29, 1.82) is 0 Å². The number of amides is 1. The molecule has 13 heteroatoms. The summed E-state index contributed by atoms with van der Waals surface area (Å²) in [6.45, 7) is 7.31. The number of benzene rings is 3. The molecule has 0 saturated carbocycles. The van der Waals surface area contributed by atoms with E-state index >= 15 is 0 Å². The highest BCUT2D eigenvalue weighted by molar-refractivity contribution is 6.42. The lowest BCUT2D eigenvalue weighted by molar-refractivity contribution is 0.0780. The summed E-state index contributed by atoms with van der Waals surface area (Å²) in [6, 6.07) is 21.4. The van der Waals surface area contributed by atoms with Crippen molar-refractivity contribution in [2.75, 3.05) is 78.6 Å². The molecule has 2 aliphatic rings. The average molecular weight is 777 g/mol. The van der Waals surface area contributed by atoms with Crippen molar-refractivity contribution in [1.82, 2.24) is 19.4 Å². The molecular formula is C41H47Cl2N5O6. The Kier molecular flexibility index (Phi) is 11.9. The van der Waals surface area contributed by atoms with Crippen molar-refractivity contribution in [3.05, 3.63) is 99.9 Å². The Hall–Kier alpha value is -4.42. The third-order valence-electron chi connectivity index (χ3n) is 10.8. The van der Waals surface area contributed by atoms with Crippen LogP contribution in [-0.2, 0) is 23.3 Å². The van der Waals surface area contributed by atoms with Crippen molar-refractivity contribution in [3.63, 3.8) is 0 Å². The normalized spacial score (nSPS) is 17.9. The molecule has 3 aromatic carbocycles. The van der Waals surface area contributed by atoms with Crippen LogP contribution in [0.3, 0.4) is 0 Å². The van der Waals surface area contributed by atoms with Gasteiger partial charge in [-0.1, -0.05) is 41.4 Å². The first kappa shape index (κ1) is 37.9. The summed E-state index contributed by atoms with van der Waals surface area (Å²) in [5.41, 5.74) is 3.36. The van der Waals surface area contributed by atoms with E-state index in [0.29, 0.717) is 65.7 Å². The van der Waals surface area contributed by atoms with E-state index in [1.807, 2.05) is 35.2 Å². The summed E-state index contributed by atoms with van der Waals surface area (Å²) in [5, 5.41) is 1.03. The Labute approximate surface area is 326 Å². The van der Waals surface area contributed by atoms with E-state index in [9.17, 15) is 4.79 Å². The highest BCUT2D eigenvalue weighted by Crippen LogP contribution is 2.43. The maximum atomic E-state index is 14.1. The van der Waals surface area contributed by atoms with Gasteiger partial charge in [-0.25, -0.2) is 4.98 Å². The summed E-state index contributed by atoms with van der Waals surface area (Å²) >= 11 is 13.0. The van der Waals surface area contributed by atoms with Gasteiger partial charge in [0.1, 0.15) is 12.4 Å². The number of methoxy groups -OCH3 is 3. The van der Waals surface area contributed by atoms with Crippen LogP contribution in [0.25, 0.3) is 11.0 Å². The SMILES string of the molecule is COc1cc(C(=O)N2CCC(CCN3CCCN(c4nc5ccccc5n4CCOCc4ccco4)CC3)(c3ccc(Cl)c(Cl)c3)C2)cc(OC)c1OC. The van der Waals surface area contributed by atoms with Gasteiger partial charge in [-0.2, -0.15) is 0 Å². The highest BCUT2D eigenvalue weighted by Gasteiger charge is 2.42. The molecule has 1 unspecified atom stereocenters. The van der Waals surface area contributed by atoms with Crippen molar-refractivity contribution < 1.29 is 28.2 Å². The number of imidazole rings is 1. The molecule has 11 nitrogen and oxygen atoms in total. The van der Waals surface area contributed by atoms with Gasteiger partial charge in [-0.15, -0.1) is 0 Å². The molecule has 0 radical (unpaired) electrons. The van der Waals surface area contributed by atoms with Crippen LogP contribution in [0.2, 0.25) is 10.0 Å². The number of fused-ring (bicyclic) bond motifs is 1. The third-order valence-corrected chi connectivity index (χ3v) is 11.5. The number of hydrogen-bond acceptors (Lipinski definition) is 9. The molecular weight excluding hydrogens is 729 g/mol. The number of halogens is 2. The molecule has 2 saturated heterocycles. The molecule has 5 aromatic rings. The Morgan fingerprint density at radius 1 is 0.870 bits per heavy atom.